The Hall–Kier alpha value is -0.790. The summed E-state index contributed by atoms with van der Waals surface area (Å²) in [7, 11) is 1.41. The molecule has 74 valence electrons. The predicted molar refractivity (Wildman–Crippen MR) is 52.3 cm³/mol. The van der Waals surface area contributed by atoms with E-state index >= 15 is 0 Å². The summed E-state index contributed by atoms with van der Waals surface area (Å²) in [6.45, 7) is 2.28. The molecule has 0 radical (unpaired) electrons. The lowest BCUT2D eigenvalue weighted by molar-refractivity contribution is -0.134. The minimum atomic E-state index is -0.238. The van der Waals surface area contributed by atoms with E-state index in [0.29, 0.717) is 5.92 Å². The first-order chi connectivity index (χ1) is 6.22. The number of hydrogen-bond donors (Lipinski definition) is 0. The van der Waals surface area contributed by atoms with E-state index < -0.39 is 0 Å². The van der Waals surface area contributed by atoms with Crippen LogP contribution in [0.3, 0.4) is 0 Å². The molecule has 0 saturated heterocycles. The second kappa shape index (κ2) is 5.05. The van der Waals surface area contributed by atoms with Gasteiger partial charge in [-0.3, -0.25) is 0 Å². The highest BCUT2D eigenvalue weighted by atomic mass is 16.5. The van der Waals surface area contributed by atoms with Gasteiger partial charge < -0.3 is 4.74 Å². The maximum Gasteiger partial charge on any atom is 0.330 e. The SMILES string of the molecule is COC(=O)/C=C/C1CCCC(C)C1. The van der Waals surface area contributed by atoms with Crippen LogP contribution in [0.1, 0.15) is 32.6 Å². The maximum absolute atomic E-state index is 10.8. The van der Waals surface area contributed by atoms with E-state index in [2.05, 4.69) is 11.7 Å². The number of hydrogen-bond acceptors (Lipinski definition) is 2. The third-order valence-electron chi connectivity index (χ3n) is 2.68. The molecule has 0 heterocycles. The summed E-state index contributed by atoms with van der Waals surface area (Å²) in [6.07, 6.45) is 8.62. The molecule has 0 bridgehead atoms. The molecule has 0 aromatic rings. The first kappa shape index (κ1) is 10.3. The highest BCUT2D eigenvalue weighted by molar-refractivity contribution is 5.81. The molecule has 2 heteroatoms. The molecule has 2 nitrogen and oxygen atoms in total. The van der Waals surface area contributed by atoms with Gasteiger partial charge in [0.15, 0.2) is 0 Å². The van der Waals surface area contributed by atoms with Gasteiger partial charge in [-0.05, 0) is 24.7 Å². The van der Waals surface area contributed by atoms with Crippen LogP contribution < -0.4 is 0 Å². The van der Waals surface area contributed by atoms with Gasteiger partial charge in [-0.25, -0.2) is 4.79 Å². The van der Waals surface area contributed by atoms with Crippen LogP contribution in [-0.4, -0.2) is 13.1 Å². The summed E-state index contributed by atoms with van der Waals surface area (Å²) in [5, 5.41) is 0. The van der Waals surface area contributed by atoms with Crippen molar-refractivity contribution in [1.29, 1.82) is 0 Å². The van der Waals surface area contributed by atoms with Crippen molar-refractivity contribution in [3.8, 4) is 0 Å². The standard InChI is InChI=1S/C11H18O2/c1-9-4-3-5-10(8-9)6-7-11(12)13-2/h6-7,9-10H,3-5,8H2,1-2H3/b7-6+. The summed E-state index contributed by atoms with van der Waals surface area (Å²) in [5.41, 5.74) is 0. The number of carbonyl (C=O) groups excluding carboxylic acids is 1. The minimum Gasteiger partial charge on any atom is -0.466 e. The highest BCUT2D eigenvalue weighted by Gasteiger charge is 2.16. The summed E-state index contributed by atoms with van der Waals surface area (Å²) >= 11 is 0. The second-order valence-corrected chi connectivity index (χ2v) is 3.91. The average Bonchev–Trinajstić information content (AvgIpc) is 2.14. The summed E-state index contributed by atoms with van der Waals surface area (Å²) < 4.78 is 4.54. The Morgan fingerprint density at radius 1 is 1.46 bits per heavy atom. The lowest BCUT2D eigenvalue weighted by Crippen LogP contribution is -2.11. The smallest absolute Gasteiger partial charge is 0.330 e. The van der Waals surface area contributed by atoms with E-state index in [0.717, 1.165) is 5.92 Å². The van der Waals surface area contributed by atoms with Gasteiger partial charge in [0.1, 0.15) is 0 Å². The van der Waals surface area contributed by atoms with Gasteiger partial charge >= 0.3 is 5.97 Å². The zero-order chi connectivity index (χ0) is 9.68. The number of allylic oxidation sites excluding steroid dienone is 1. The Kier molecular flexibility index (Phi) is 4.00. The molecule has 1 aliphatic rings. The fourth-order valence-electron chi connectivity index (χ4n) is 1.94. The van der Waals surface area contributed by atoms with Gasteiger partial charge in [-0.1, -0.05) is 25.8 Å². The quantitative estimate of drug-likeness (QED) is 0.484. The topological polar surface area (TPSA) is 26.3 Å². The first-order valence-electron chi connectivity index (χ1n) is 4.98. The van der Waals surface area contributed by atoms with E-state index in [-0.39, 0.29) is 5.97 Å². The number of esters is 1. The summed E-state index contributed by atoms with van der Waals surface area (Å²) in [6, 6.07) is 0. The zero-order valence-electron chi connectivity index (χ0n) is 8.45. The molecule has 0 aromatic carbocycles. The molecule has 2 atom stereocenters. The molecule has 1 rings (SSSR count). The van der Waals surface area contributed by atoms with Crippen LogP contribution in [0.4, 0.5) is 0 Å². The monoisotopic (exact) mass is 182 g/mol. The first-order valence-corrected chi connectivity index (χ1v) is 4.98. The predicted octanol–water partition coefficient (Wildman–Crippen LogP) is 2.54. The highest BCUT2D eigenvalue weighted by Crippen LogP contribution is 2.29. The fraction of sp³-hybridized carbons (Fsp3) is 0.727. The van der Waals surface area contributed by atoms with Crippen LogP contribution >= 0.6 is 0 Å². The van der Waals surface area contributed by atoms with Crippen molar-refractivity contribution in [3.63, 3.8) is 0 Å². The second-order valence-electron chi connectivity index (χ2n) is 3.91. The van der Waals surface area contributed by atoms with Crippen LogP contribution in [-0.2, 0) is 9.53 Å². The van der Waals surface area contributed by atoms with Gasteiger partial charge in [0.2, 0.25) is 0 Å². The number of rotatable bonds is 2. The van der Waals surface area contributed by atoms with E-state index in [1.54, 1.807) is 6.08 Å². The number of ether oxygens (including phenoxy) is 1. The van der Waals surface area contributed by atoms with Crippen LogP contribution in [0.25, 0.3) is 0 Å². The number of carbonyl (C=O) groups is 1. The average molecular weight is 182 g/mol. The van der Waals surface area contributed by atoms with Crippen molar-refractivity contribution in [1.82, 2.24) is 0 Å². The molecule has 13 heavy (non-hydrogen) atoms. The molecule has 0 aromatic heterocycles. The Morgan fingerprint density at radius 3 is 2.85 bits per heavy atom. The van der Waals surface area contributed by atoms with Crippen molar-refractivity contribution in [2.75, 3.05) is 7.11 Å². The molecule has 0 amide bonds. The van der Waals surface area contributed by atoms with E-state index in [4.69, 9.17) is 0 Å². The van der Waals surface area contributed by atoms with Gasteiger partial charge in [-0.2, -0.15) is 0 Å². The molecular formula is C11H18O2. The Labute approximate surface area is 80.0 Å². The van der Waals surface area contributed by atoms with Crippen LogP contribution in [0.5, 0.6) is 0 Å². The summed E-state index contributed by atoms with van der Waals surface area (Å²) in [5.74, 6) is 1.15. The van der Waals surface area contributed by atoms with Crippen LogP contribution in [0.15, 0.2) is 12.2 Å². The van der Waals surface area contributed by atoms with Crippen molar-refractivity contribution in [2.45, 2.75) is 32.6 Å². The fourth-order valence-corrected chi connectivity index (χ4v) is 1.94. The van der Waals surface area contributed by atoms with Gasteiger partial charge in [0, 0.05) is 6.08 Å². The molecule has 1 saturated carbocycles. The molecule has 0 spiro atoms. The van der Waals surface area contributed by atoms with E-state index in [9.17, 15) is 4.79 Å². The molecule has 0 N–H and O–H groups in total. The third-order valence-corrected chi connectivity index (χ3v) is 2.68. The van der Waals surface area contributed by atoms with E-state index in [1.807, 2.05) is 6.08 Å². The lowest BCUT2D eigenvalue weighted by atomic mass is 9.82. The largest absolute Gasteiger partial charge is 0.466 e. The Balaban J connectivity index is 2.35. The van der Waals surface area contributed by atoms with Crippen molar-refractivity contribution in [2.24, 2.45) is 11.8 Å². The van der Waals surface area contributed by atoms with Crippen molar-refractivity contribution >= 4 is 5.97 Å². The zero-order valence-corrected chi connectivity index (χ0v) is 8.45. The van der Waals surface area contributed by atoms with Crippen LogP contribution in [0, 0.1) is 11.8 Å². The minimum absolute atomic E-state index is 0.238. The molecule has 2 unspecified atom stereocenters. The van der Waals surface area contributed by atoms with Crippen molar-refractivity contribution < 1.29 is 9.53 Å². The van der Waals surface area contributed by atoms with Gasteiger partial charge in [0.05, 0.1) is 7.11 Å². The summed E-state index contributed by atoms with van der Waals surface area (Å²) in [4.78, 5) is 10.8. The van der Waals surface area contributed by atoms with Crippen molar-refractivity contribution in [3.05, 3.63) is 12.2 Å². The normalized spacial score (nSPS) is 29.1. The Bertz CT molecular complexity index is 196. The molecular weight excluding hydrogens is 164 g/mol. The van der Waals surface area contributed by atoms with Crippen LogP contribution in [0.2, 0.25) is 0 Å². The molecule has 1 aliphatic carbocycles. The number of methoxy groups -OCH3 is 1. The third kappa shape index (κ3) is 3.62. The maximum atomic E-state index is 10.8. The molecule has 1 fully saturated rings. The van der Waals surface area contributed by atoms with Gasteiger partial charge in [0.25, 0.3) is 0 Å². The van der Waals surface area contributed by atoms with E-state index in [1.165, 1.54) is 32.8 Å². The Morgan fingerprint density at radius 2 is 2.23 bits per heavy atom. The lowest BCUT2D eigenvalue weighted by Gasteiger charge is -2.23. The van der Waals surface area contributed by atoms with Gasteiger partial charge in [-0.15, -0.1) is 0 Å². The molecule has 0 aliphatic heterocycles.